The van der Waals surface area contributed by atoms with Gasteiger partial charge in [0.2, 0.25) is 0 Å². The van der Waals surface area contributed by atoms with Crippen LogP contribution in [0.15, 0.2) is 27.4 Å². The lowest BCUT2D eigenvalue weighted by molar-refractivity contribution is 0.0806. The Bertz CT molecular complexity index is 670. The first-order valence-electron chi connectivity index (χ1n) is 6.49. The molecule has 7 heteroatoms. The number of H-pyrrole nitrogens is 1. The first-order chi connectivity index (χ1) is 9.70. The van der Waals surface area contributed by atoms with Crippen molar-refractivity contribution in [1.29, 1.82) is 0 Å². The van der Waals surface area contributed by atoms with Gasteiger partial charge in [-0.15, -0.1) is 0 Å². The molecule has 1 aliphatic rings. The molecule has 0 spiro atoms. The molecule has 0 atom stereocenters. The molecule has 0 radical (unpaired) electrons. The highest BCUT2D eigenvalue weighted by Crippen LogP contribution is 2.16. The van der Waals surface area contributed by atoms with Crippen molar-refractivity contribution in [1.82, 2.24) is 10.3 Å². The van der Waals surface area contributed by atoms with Crippen LogP contribution in [0.3, 0.4) is 0 Å². The molecule has 106 valence electrons. The average Bonchev–Trinajstić information content (AvgIpc) is 2.79. The second-order valence-electron chi connectivity index (χ2n) is 4.71. The monoisotopic (exact) mass is 277 g/mol. The van der Waals surface area contributed by atoms with Gasteiger partial charge in [-0.2, -0.15) is 0 Å². The molecule has 1 aromatic carbocycles. The molecule has 1 saturated heterocycles. The highest BCUT2D eigenvalue weighted by molar-refractivity contribution is 5.91. The standard InChI is InChI=1S/C13H15N3O4/c17-12(14-8-3-5-19-6-4-8)15-9-1-2-11-10(7-9)16-13(18)20-11/h1-2,7-8H,3-6H2,(H,16,18)(H2,14,15,17). The van der Waals surface area contributed by atoms with Crippen molar-refractivity contribution in [3.05, 3.63) is 28.7 Å². The first-order valence-corrected chi connectivity index (χ1v) is 6.49. The van der Waals surface area contributed by atoms with Gasteiger partial charge in [-0.3, -0.25) is 4.98 Å². The number of aromatic nitrogens is 1. The highest BCUT2D eigenvalue weighted by Gasteiger charge is 2.16. The topological polar surface area (TPSA) is 96.4 Å². The van der Waals surface area contributed by atoms with E-state index in [0.717, 1.165) is 12.8 Å². The van der Waals surface area contributed by atoms with E-state index in [2.05, 4.69) is 15.6 Å². The number of urea groups is 1. The van der Waals surface area contributed by atoms with Crippen LogP contribution in [0.4, 0.5) is 10.5 Å². The van der Waals surface area contributed by atoms with E-state index >= 15 is 0 Å². The summed E-state index contributed by atoms with van der Waals surface area (Å²) in [5.41, 5.74) is 1.61. The minimum Gasteiger partial charge on any atom is -0.408 e. The second-order valence-corrected chi connectivity index (χ2v) is 4.71. The molecule has 3 rings (SSSR count). The summed E-state index contributed by atoms with van der Waals surface area (Å²) in [6, 6.07) is 4.85. The van der Waals surface area contributed by atoms with Crippen LogP contribution in [0.25, 0.3) is 11.1 Å². The number of amides is 2. The number of fused-ring (bicyclic) bond motifs is 1. The van der Waals surface area contributed by atoms with Crippen LogP contribution >= 0.6 is 0 Å². The molecule has 3 N–H and O–H groups in total. The SMILES string of the molecule is O=C(Nc1ccc2oc(=O)[nH]c2c1)NC1CCOCC1. The van der Waals surface area contributed by atoms with Crippen LogP contribution in [0.2, 0.25) is 0 Å². The van der Waals surface area contributed by atoms with Gasteiger partial charge in [0, 0.05) is 24.9 Å². The van der Waals surface area contributed by atoms with Gasteiger partial charge in [0.1, 0.15) is 0 Å². The van der Waals surface area contributed by atoms with Crippen LogP contribution in [0.1, 0.15) is 12.8 Å². The quantitative estimate of drug-likeness (QED) is 0.773. The van der Waals surface area contributed by atoms with Gasteiger partial charge in [0.15, 0.2) is 5.58 Å². The first kappa shape index (κ1) is 12.7. The zero-order valence-corrected chi connectivity index (χ0v) is 10.8. The van der Waals surface area contributed by atoms with Crippen LogP contribution in [-0.2, 0) is 4.74 Å². The maximum Gasteiger partial charge on any atom is 0.417 e. The number of nitrogens with one attached hydrogen (secondary N) is 3. The van der Waals surface area contributed by atoms with E-state index in [1.54, 1.807) is 18.2 Å². The molecule has 7 nitrogen and oxygen atoms in total. The van der Waals surface area contributed by atoms with Gasteiger partial charge in [-0.25, -0.2) is 9.59 Å². The van der Waals surface area contributed by atoms with Crippen LogP contribution in [0, 0.1) is 0 Å². The lowest BCUT2D eigenvalue weighted by atomic mass is 10.1. The molecule has 0 aliphatic carbocycles. The summed E-state index contributed by atoms with van der Waals surface area (Å²) in [6.45, 7) is 1.35. The van der Waals surface area contributed by atoms with E-state index < -0.39 is 5.76 Å². The van der Waals surface area contributed by atoms with Crippen molar-refractivity contribution in [2.24, 2.45) is 0 Å². The number of rotatable bonds is 2. The van der Waals surface area contributed by atoms with E-state index in [4.69, 9.17) is 9.15 Å². The van der Waals surface area contributed by atoms with E-state index in [1.807, 2.05) is 0 Å². The highest BCUT2D eigenvalue weighted by atomic mass is 16.5. The van der Waals surface area contributed by atoms with Crippen molar-refractivity contribution in [3.63, 3.8) is 0 Å². The zero-order valence-electron chi connectivity index (χ0n) is 10.8. The van der Waals surface area contributed by atoms with Crippen LogP contribution < -0.4 is 16.4 Å². The van der Waals surface area contributed by atoms with Gasteiger partial charge in [-0.1, -0.05) is 0 Å². The number of anilines is 1. The molecule has 1 aliphatic heterocycles. The fraction of sp³-hybridized carbons (Fsp3) is 0.385. The largest absolute Gasteiger partial charge is 0.417 e. The van der Waals surface area contributed by atoms with E-state index in [-0.39, 0.29) is 12.1 Å². The summed E-state index contributed by atoms with van der Waals surface area (Å²) in [4.78, 5) is 25.5. The fourth-order valence-corrected chi connectivity index (χ4v) is 2.22. The molecule has 0 bridgehead atoms. The predicted octanol–water partition coefficient (Wildman–Crippen LogP) is 1.42. The third-order valence-corrected chi connectivity index (χ3v) is 3.23. The summed E-state index contributed by atoms with van der Waals surface area (Å²) >= 11 is 0. The lowest BCUT2D eigenvalue weighted by Gasteiger charge is -2.23. The zero-order chi connectivity index (χ0) is 13.9. The molecule has 20 heavy (non-hydrogen) atoms. The summed E-state index contributed by atoms with van der Waals surface area (Å²) in [5, 5.41) is 5.63. The Morgan fingerprint density at radius 3 is 2.90 bits per heavy atom. The van der Waals surface area contributed by atoms with E-state index in [9.17, 15) is 9.59 Å². The third-order valence-electron chi connectivity index (χ3n) is 3.23. The van der Waals surface area contributed by atoms with Crippen molar-refractivity contribution in [3.8, 4) is 0 Å². The van der Waals surface area contributed by atoms with Crippen molar-refractivity contribution >= 4 is 22.8 Å². The number of aromatic amines is 1. The third kappa shape index (κ3) is 2.83. The Morgan fingerprint density at radius 1 is 1.30 bits per heavy atom. The van der Waals surface area contributed by atoms with Crippen molar-refractivity contribution in [2.45, 2.75) is 18.9 Å². The van der Waals surface area contributed by atoms with Gasteiger partial charge < -0.3 is 19.8 Å². The van der Waals surface area contributed by atoms with E-state index in [1.165, 1.54) is 0 Å². The van der Waals surface area contributed by atoms with Crippen molar-refractivity contribution < 1.29 is 13.9 Å². The van der Waals surface area contributed by atoms with Gasteiger partial charge >= 0.3 is 11.8 Å². The normalized spacial score (nSPS) is 16.2. The summed E-state index contributed by atoms with van der Waals surface area (Å²) in [6.07, 6.45) is 1.64. The Labute approximate surface area is 114 Å². The van der Waals surface area contributed by atoms with Gasteiger partial charge in [0.05, 0.1) is 5.52 Å². The Kier molecular flexibility index (Phi) is 3.42. The maximum absolute atomic E-state index is 11.9. The number of hydrogen-bond acceptors (Lipinski definition) is 4. The number of benzene rings is 1. The number of carbonyl (C=O) groups excluding carboxylic acids is 1. The number of oxazole rings is 1. The molecule has 1 fully saturated rings. The molecule has 2 amide bonds. The predicted molar refractivity (Wildman–Crippen MR) is 72.8 cm³/mol. The summed E-state index contributed by atoms with van der Waals surface area (Å²) < 4.78 is 10.1. The van der Waals surface area contributed by atoms with Crippen LogP contribution in [0.5, 0.6) is 0 Å². The maximum atomic E-state index is 11.9. The Hall–Kier alpha value is -2.28. The molecular weight excluding hydrogens is 262 g/mol. The Morgan fingerprint density at radius 2 is 2.10 bits per heavy atom. The number of hydrogen-bond donors (Lipinski definition) is 3. The van der Waals surface area contributed by atoms with Crippen LogP contribution in [-0.4, -0.2) is 30.3 Å². The average molecular weight is 277 g/mol. The van der Waals surface area contributed by atoms with Gasteiger partial charge in [0.25, 0.3) is 0 Å². The van der Waals surface area contributed by atoms with Crippen molar-refractivity contribution in [2.75, 3.05) is 18.5 Å². The Balaban J connectivity index is 1.65. The lowest BCUT2D eigenvalue weighted by Crippen LogP contribution is -2.41. The smallest absolute Gasteiger partial charge is 0.408 e. The minimum atomic E-state index is -0.510. The van der Waals surface area contributed by atoms with E-state index in [0.29, 0.717) is 30.0 Å². The van der Waals surface area contributed by atoms with Gasteiger partial charge in [-0.05, 0) is 31.0 Å². The molecule has 1 aromatic heterocycles. The summed E-state index contributed by atoms with van der Waals surface area (Å²) in [7, 11) is 0. The molecule has 0 unspecified atom stereocenters. The minimum absolute atomic E-state index is 0.140. The molecular formula is C13H15N3O4. The molecule has 2 heterocycles. The fourth-order valence-electron chi connectivity index (χ4n) is 2.22. The summed E-state index contributed by atoms with van der Waals surface area (Å²) in [5.74, 6) is -0.510. The number of ether oxygens (including phenoxy) is 1. The molecule has 0 saturated carbocycles. The second kappa shape index (κ2) is 5.38. The molecule has 2 aromatic rings. The number of carbonyl (C=O) groups is 1.